The van der Waals surface area contributed by atoms with E-state index in [0.29, 0.717) is 22.8 Å². The van der Waals surface area contributed by atoms with Crippen molar-refractivity contribution in [2.24, 2.45) is 4.99 Å². The third-order valence-electron chi connectivity index (χ3n) is 4.49. The Kier molecular flexibility index (Phi) is 6.84. The second kappa shape index (κ2) is 9.56. The SMILES string of the molecule is CCN1C(=O)/C(=C/c2ccccc2OC(C)C(=O)O)SC1=Nc1ccc(O)cc1C(=O)O. The predicted octanol–water partition coefficient (Wildman–Crippen LogP) is 3.57. The van der Waals surface area contributed by atoms with Crippen molar-refractivity contribution >= 4 is 46.5 Å². The highest BCUT2D eigenvalue weighted by Crippen LogP contribution is 2.36. The molecule has 0 bridgehead atoms. The van der Waals surface area contributed by atoms with Crippen LogP contribution in [0.3, 0.4) is 0 Å². The molecular weight excluding hydrogens is 436 g/mol. The molecule has 1 amide bonds. The van der Waals surface area contributed by atoms with Gasteiger partial charge in [-0.1, -0.05) is 18.2 Å². The number of aliphatic carboxylic acids is 1. The summed E-state index contributed by atoms with van der Waals surface area (Å²) in [7, 11) is 0. The van der Waals surface area contributed by atoms with Crippen LogP contribution >= 0.6 is 11.8 Å². The monoisotopic (exact) mass is 456 g/mol. The number of carboxylic acids is 2. The number of thioether (sulfide) groups is 1. The van der Waals surface area contributed by atoms with Crippen LogP contribution in [-0.4, -0.2) is 55.9 Å². The molecule has 1 aliphatic rings. The summed E-state index contributed by atoms with van der Waals surface area (Å²) in [6.45, 7) is 3.47. The molecule has 1 unspecified atom stereocenters. The van der Waals surface area contributed by atoms with Crippen LogP contribution in [0.2, 0.25) is 0 Å². The Balaban J connectivity index is 1.99. The maximum Gasteiger partial charge on any atom is 0.344 e. The number of amides is 1. The zero-order valence-electron chi connectivity index (χ0n) is 17.2. The number of nitrogens with zero attached hydrogens (tertiary/aromatic N) is 2. The van der Waals surface area contributed by atoms with Crippen molar-refractivity contribution < 1.29 is 34.4 Å². The minimum atomic E-state index is -1.26. The summed E-state index contributed by atoms with van der Waals surface area (Å²) in [5.74, 6) is -2.60. The first kappa shape index (κ1) is 22.9. The Morgan fingerprint density at radius 1 is 1.22 bits per heavy atom. The fraction of sp³-hybridized carbons (Fsp3) is 0.182. The molecule has 3 rings (SSSR count). The number of carboxylic acid groups (broad SMARTS) is 2. The fourth-order valence-corrected chi connectivity index (χ4v) is 3.90. The molecule has 1 atom stereocenters. The standard InChI is InChI=1S/C22H20N2O7S/c1-3-24-19(26)18(10-13-6-4-5-7-17(13)31-12(2)20(27)28)32-22(24)23-16-9-8-14(25)11-15(16)21(29)30/h4-12,25H,3H2,1-2H3,(H,27,28)(H,29,30)/b18-10-,23-22?. The number of para-hydroxylation sites is 1. The van der Waals surface area contributed by atoms with Crippen molar-refractivity contribution in [1.82, 2.24) is 4.90 Å². The van der Waals surface area contributed by atoms with Gasteiger partial charge in [-0.15, -0.1) is 0 Å². The van der Waals surface area contributed by atoms with Crippen LogP contribution in [0.15, 0.2) is 52.4 Å². The number of phenols is 1. The first-order chi connectivity index (χ1) is 15.2. The number of carbonyl (C=O) groups excluding carboxylic acids is 1. The molecule has 0 aliphatic carbocycles. The second-order valence-electron chi connectivity index (χ2n) is 6.70. The second-order valence-corrected chi connectivity index (χ2v) is 7.71. The summed E-state index contributed by atoms with van der Waals surface area (Å²) in [5, 5.41) is 28.4. The number of aliphatic imine (C=N–C) groups is 1. The lowest BCUT2D eigenvalue weighted by Gasteiger charge is -2.13. The number of amidine groups is 1. The molecule has 9 nitrogen and oxygen atoms in total. The molecule has 1 saturated heterocycles. The molecule has 3 N–H and O–H groups in total. The van der Waals surface area contributed by atoms with E-state index in [4.69, 9.17) is 9.84 Å². The molecule has 1 heterocycles. The Hall–Kier alpha value is -3.79. The molecule has 10 heteroatoms. The molecule has 0 spiro atoms. The van der Waals surface area contributed by atoms with Gasteiger partial charge in [-0.2, -0.15) is 0 Å². The smallest absolute Gasteiger partial charge is 0.344 e. The quantitative estimate of drug-likeness (QED) is 0.538. The molecule has 1 fully saturated rings. The van der Waals surface area contributed by atoms with Crippen LogP contribution in [-0.2, 0) is 9.59 Å². The van der Waals surface area contributed by atoms with E-state index in [-0.39, 0.29) is 28.1 Å². The largest absolute Gasteiger partial charge is 0.508 e. The molecule has 2 aromatic carbocycles. The van der Waals surface area contributed by atoms with Crippen LogP contribution in [0.4, 0.5) is 5.69 Å². The number of likely N-dealkylation sites (N-methyl/N-ethyl adjacent to an activating group) is 1. The summed E-state index contributed by atoms with van der Waals surface area (Å²) in [6, 6.07) is 10.5. The Labute approximate surface area is 187 Å². The first-order valence-corrected chi connectivity index (χ1v) is 10.4. The summed E-state index contributed by atoms with van der Waals surface area (Å²) in [5.41, 5.74) is 0.425. The highest BCUT2D eigenvalue weighted by molar-refractivity contribution is 8.18. The highest BCUT2D eigenvalue weighted by atomic mass is 32.2. The molecule has 1 aliphatic heterocycles. The van der Waals surface area contributed by atoms with Gasteiger partial charge in [0.25, 0.3) is 5.91 Å². The van der Waals surface area contributed by atoms with Gasteiger partial charge in [0.15, 0.2) is 11.3 Å². The van der Waals surface area contributed by atoms with Crippen LogP contribution in [0.1, 0.15) is 29.8 Å². The Bertz CT molecular complexity index is 1140. The van der Waals surface area contributed by atoms with Crippen LogP contribution in [0.5, 0.6) is 11.5 Å². The number of carbonyl (C=O) groups is 3. The van der Waals surface area contributed by atoms with Crippen molar-refractivity contribution in [2.75, 3.05) is 6.54 Å². The maximum atomic E-state index is 12.9. The summed E-state index contributed by atoms with van der Waals surface area (Å²) < 4.78 is 5.48. The van der Waals surface area contributed by atoms with E-state index in [0.717, 1.165) is 17.8 Å². The van der Waals surface area contributed by atoms with E-state index < -0.39 is 18.0 Å². The fourth-order valence-electron chi connectivity index (χ4n) is 2.86. The highest BCUT2D eigenvalue weighted by Gasteiger charge is 2.33. The van der Waals surface area contributed by atoms with Crippen LogP contribution in [0.25, 0.3) is 6.08 Å². The summed E-state index contributed by atoms with van der Waals surface area (Å²) in [4.78, 5) is 41.6. The van der Waals surface area contributed by atoms with E-state index >= 15 is 0 Å². The van der Waals surface area contributed by atoms with E-state index in [1.807, 2.05) is 0 Å². The van der Waals surface area contributed by atoms with E-state index in [2.05, 4.69) is 4.99 Å². The molecule has 0 radical (unpaired) electrons. The number of hydrogen-bond donors (Lipinski definition) is 3. The molecule has 0 aromatic heterocycles. The summed E-state index contributed by atoms with van der Waals surface area (Å²) >= 11 is 1.06. The molecule has 2 aromatic rings. The lowest BCUT2D eigenvalue weighted by atomic mass is 10.1. The number of aromatic hydroxyl groups is 1. The van der Waals surface area contributed by atoms with Crippen molar-refractivity contribution in [3.05, 3.63) is 58.5 Å². The average Bonchev–Trinajstić information content (AvgIpc) is 3.04. The number of hydrogen-bond acceptors (Lipinski definition) is 7. The van der Waals surface area contributed by atoms with Crippen molar-refractivity contribution in [2.45, 2.75) is 20.0 Å². The third-order valence-corrected chi connectivity index (χ3v) is 5.49. The molecule has 166 valence electrons. The minimum absolute atomic E-state index is 0.101. The zero-order valence-corrected chi connectivity index (χ0v) is 18.0. The molecular formula is C22H20N2O7S. The van der Waals surface area contributed by atoms with Gasteiger partial charge in [0.2, 0.25) is 0 Å². The van der Waals surface area contributed by atoms with Gasteiger partial charge in [-0.25, -0.2) is 14.6 Å². The average molecular weight is 456 g/mol. The van der Waals surface area contributed by atoms with Crippen LogP contribution < -0.4 is 4.74 Å². The Morgan fingerprint density at radius 3 is 2.59 bits per heavy atom. The summed E-state index contributed by atoms with van der Waals surface area (Å²) in [6.07, 6.45) is 0.506. The topological polar surface area (TPSA) is 137 Å². The lowest BCUT2D eigenvalue weighted by Crippen LogP contribution is -2.28. The van der Waals surface area contributed by atoms with E-state index in [9.17, 15) is 24.6 Å². The van der Waals surface area contributed by atoms with Gasteiger partial charge in [-0.3, -0.25) is 9.69 Å². The van der Waals surface area contributed by atoms with Crippen LogP contribution in [0, 0.1) is 0 Å². The maximum absolute atomic E-state index is 12.9. The van der Waals surface area contributed by atoms with Crippen molar-refractivity contribution in [3.8, 4) is 11.5 Å². The number of rotatable bonds is 7. The van der Waals surface area contributed by atoms with Crippen molar-refractivity contribution in [1.29, 1.82) is 0 Å². The third kappa shape index (κ3) is 4.92. The lowest BCUT2D eigenvalue weighted by molar-refractivity contribution is -0.144. The molecule has 32 heavy (non-hydrogen) atoms. The van der Waals surface area contributed by atoms with Gasteiger partial charge < -0.3 is 20.1 Å². The van der Waals surface area contributed by atoms with E-state index in [1.54, 1.807) is 37.3 Å². The number of aromatic carboxylic acids is 1. The normalized spacial score (nSPS) is 17.1. The van der Waals surface area contributed by atoms with Gasteiger partial charge in [0.1, 0.15) is 11.5 Å². The van der Waals surface area contributed by atoms with Gasteiger partial charge >= 0.3 is 11.9 Å². The van der Waals surface area contributed by atoms with Gasteiger partial charge in [0, 0.05) is 12.1 Å². The number of phenolic OH excluding ortho intramolecular Hbond substituents is 1. The minimum Gasteiger partial charge on any atom is -0.508 e. The Morgan fingerprint density at radius 2 is 1.94 bits per heavy atom. The zero-order chi connectivity index (χ0) is 23.4. The molecule has 0 saturated carbocycles. The van der Waals surface area contributed by atoms with E-state index in [1.165, 1.54) is 24.0 Å². The number of benzene rings is 2. The van der Waals surface area contributed by atoms with Crippen molar-refractivity contribution in [3.63, 3.8) is 0 Å². The first-order valence-electron chi connectivity index (χ1n) is 9.56. The predicted molar refractivity (Wildman–Crippen MR) is 119 cm³/mol. The van der Waals surface area contributed by atoms with Gasteiger partial charge in [0.05, 0.1) is 16.2 Å². The number of ether oxygens (including phenoxy) is 1. The van der Waals surface area contributed by atoms with Gasteiger partial charge in [-0.05, 0) is 56.0 Å².